The van der Waals surface area contributed by atoms with Crippen molar-refractivity contribution >= 4 is 11.9 Å². The first-order chi connectivity index (χ1) is 6.85. The molecule has 15 heavy (non-hydrogen) atoms. The number of ketones is 1. The van der Waals surface area contributed by atoms with Crippen LogP contribution in [0, 0.1) is 0 Å². The second kappa shape index (κ2) is 4.18. The summed E-state index contributed by atoms with van der Waals surface area (Å²) >= 11 is 0. The average Bonchev–Trinajstić information content (AvgIpc) is 2.07. The number of carbonyl (C=O) groups is 2. The summed E-state index contributed by atoms with van der Waals surface area (Å²) in [5, 5.41) is 0. The van der Waals surface area contributed by atoms with Crippen LogP contribution in [0.15, 0.2) is 0 Å². The summed E-state index contributed by atoms with van der Waals surface area (Å²) in [6.45, 7) is 5.73. The van der Waals surface area contributed by atoms with E-state index in [2.05, 4.69) is 0 Å². The van der Waals surface area contributed by atoms with Gasteiger partial charge in [-0.3, -0.25) is 9.69 Å². The zero-order valence-corrected chi connectivity index (χ0v) is 9.57. The Morgan fingerprint density at radius 2 is 2.13 bits per heavy atom. The van der Waals surface area contributed by atoms with E-state index in [4.69, 9.17) is 9.47 Å². The van der Waals surface area contributed by atoms with Crippen LogP contribution < -0.4 is 0 Å². The van der Waals surface area contributed by atoms with Gasteiger partial charge in [-0.2, -0.15) is 0 Å². The van der Waals surface area contributed by atoms with E-state index in [1.54, 1.807) is 20.8 Å². The van der Waals surface area contributed by atoms with Crippen molar-refractivity contribution in [3.8, 4) is 0 Å². The van der Waals surface area contributed by atoms with E-state index >= 15 is 0 Å². The van der Waals surface area contributed by atoms with Crippen molar-refractivity contribution in [2.75, 3.05) is 20.3 Å². The topological polar surface area (TPSA) is 55.8 Å². The normalized spacial score (nSPS) is 21.2. The van der Waals surface area contributed by atoms with Gasteiger partial charge in [-0.15, -0.1) is 0 Å². The van der Waals surface area contributed by atoms with Crippen molar-refractivity contribution in [1.82, 2.24) is 4.90 Å². The molecule has 0 saturated carbocycles. The van der Waals surface area contributed by atoms with E-state index in [0.717, 1.165) is 0 Å². The molecule has 0 aliphatic carbocycles. The van der Waals surface area contributed by atoms with Gasteiger partial charge in [0.25, 0.3) is 0 Å². The highest BCUT2D eigenvalue weighted by atomic mass is 16.6. The predicted molar refractivity (Wildman–Crippen MR) is 53.6 cm³/mol. The zero-order chi connectivity index (χ0) is 11.6. The molecule has 1 amide bonds. The minimum atomic E-state index is -0.534. The van der Waals surface area contributed by atoms with E-state index in [9.17, 15) is 9.59 Å². The molecule has 5 nitrogen and oxygen atoms in total. The molecule has 0 aromatic heterocycles. The van der Waals surface area contributed by atoms with Crippen molar-refractivity contribution < 1.29 is 19.1 Å². The quantitative estimate of drug-likeness (QED) is 0.684. The van der Waals surface area contributed by atoms with Crippen LogP contribution in [0.3, 0.4) is 0 Å². The number of rotatable bonds is 2. The Morgan fingerprint density at radius 3 is 2.53 bits per heavy atom. The molecule has 0 N–H and O–H groups in total. The van der Waals surface area contributed by atoms with Gasteiger partial charge in [-0.1, -0.05) is 0 Å². The number of nitrogens with zero attached hydrogens (tertiary/aromatic N) is 1. The maximum absolute atomic E-state index is 11.6. The van der Waals surface area contributed by atoms with Crippen molar-refractivity contribution in [3.63, 3.8) is 0 Å². The molecule has 1 fully saturated rings. The molecule has 1 aliphatic heterocycles. The van der Waals surface area contributed by atoms with Crippen LogP contribution in [-0.2, 0) is 14.3 Å². The van der Waals surface area contributed by atoms with Crippen LogP contribution in [0.25, 0.3) is 0 Å². The smallest absolute Gasteiger partial charge is 0.411 e. The summed E-state index contributed by atoms with van der Waals surface area (Å²) in [6.07, 6.45) is -0.454. The lowest BCUT2D eigenvalue weighted by Crippen LogP contribution is -2.62. The van der Waals surface area contributed by atoms with Crippen molar-refractivity contribution in [2.24, 2.45) is 0 Å². The summed E-state index contributed by atoms with van der Waals surface area (Å²) < 4.78 is 10.0. The van der Waals surface area contributed by atoms with E-state index in [1.165, 1.54) is 12.0 Å². The summed E-state index contributed by atoms with van der Waals surface area (Å²) in [5.74, 6) is 0.0164. The Kier molecular flexibility index (Phi) is 3.34. The number of hydrogen-bond acceptors (Lipinski definition) is 4. The minimum absolute atomic E-state index is 0.0164. The molecule has 0 bridgehead atoms. The van der Waals surface area contributed by atoms with Gasteiger partial charge in [0.1, 0.15) is 11.6 Å². The second-order valence-electron chi connectivity index (χ2n) is 4.55. The lowest BCUT2D eigenvalue weighted by molar-refractivity contribution is -0.138. The Hall–Kier alpha value is -1.10. The maximum atomic E-state index is 11.6. The van der Waals surface area contributed by atoms with Crippen LogP contribution in [0.1, 0.15) is 20.8 Å². The van der Waals surface area contributed by atoms with Crippen LogP contribution in [0.2, 0.25) is 0 Å². The van der Waals surface area contributed by atoms with Crippen molar-refractivity contribution in [3.05, 3.63) is 0 Å². The summed E-state index contributed by atoms with van der Waals surface area (Å²) in [6, 6.07) is -0.468. The van der Waals surface area contributed by atoms with Crippen LogP contribution in [0.4, 0.5) is 4.79 Å². The van der Waals surface area contributed by atoms with Crippen LogP contribution >= 0.6 is 0 Å². The molecule has 1 heterocycles. The zero-order valence-electron chi connectivity index (χ0n) is 9.57. The molecule has 1 rings (SSSR count). The molecule has 0 aromatic carbocycles. The molecular formula is C10H17NO4. The number of Topliss-reactive ketones (excluding diaryl/α,β-unsaturated/α-hetero) is 1. The molecule has 0 spiro atoms. The fourth-order valence-corrected chi connectivity index (χ4v) is 1.30. The van der Waals surface area contributed by atoms with Gasteiger partial charge in [0.15, 0.2) is 5.78 Å². The number of hydrogen-bond donors (Lipinski definition) is 0. The fourth-order valence-electron chi connectivity index (χ4n) is 1.30. The minimum Gasteiger partial charge on any atom is -0.444 e. The Bertz CT molecular complexity index is 269. The molecule has 1 aliphatic rings. The maximum Gasteiger partial charge on any atom is 0.411 e. The van der Waals surface area contributed by atoms with Crippen molar-refractivity contribution in [1.29, 1.82) is 0 Å². The molecule has 0 radical (unpaired) electrons. The Morgan fingerprint density at radius 1 is 1.53 bits per heavy atom. The predicted octanol–water partition coefficient (Wildman–Crippen LogP) is 0.821. The first-order valence-corrected chi connectivity index (χ1v) is 4.86. The molecule has 1 saturated heterocycles. The number of amides is 1. The second-order valence-corrected chi connectivity index (χ2v) is 4.55. The van der Waals surface area contributed by atoms with Crippen molar-refractivity contribution in [2.45, 2.75) is 32.4 Å². The molecule has 0 aromatic rings. The van der Waals surface area contributed by atoms with Gasteiger partial charge < -0.3 is 9.47 Å². The molecular weight excluding hydrogens is 198 g/mol. The van der Waals surface area contributed by atoms with E-state index in [-0.39, 0.29) is 18.9 Å². The molecule has 5 heteroatoms. The number of likely N-dealkylation sites (tertiary alicyclic amines) is 1. The SMILES string of the molecule is COCC1C(=O)CN1C(=O)OC(C)(C)C. The van der Waals surface area contributed by atoms with E-state index in [0.29, 0.717) is 0 Å². The van der Waals surface area contributed by atoms with Gasteiger partial charge in [-0.05, 0) is 20.8 Å². The van der Waals surface area contributed by atoms with Crippen LogP contribution in [0.5, 0.6) is 0 Å². The Labute approximate surface area is 89.3 Å². The average molecular weight is 215 g/mol. The van der Waals surface area contributed by atoms with Crippen LogP contribution in [-0.4, -0.2) is 48.7 Å². The highest BCUT2D eigenvalue weighted by Crippen LogP contribution is 2.18. The van der Waals surface area contributed by atoms with Gasteiger partial charge >= 0.3 is 6.09 Å². The largest absolute Gasteiger partial charge is 0.444 e. The summed E-state index contributed by atoms with van der Waals surface area (Å²) in [5.41, 5.74) is -0.534. The third-order valence-electron chi connectivity index (χ3n) is 2.03. The van der Waals surface area contributed by atoms with E-state index in [1.807, 2.05) is 0 Å². The first-order valence-electron chi connectivity index (χ1n) is 4.86. The van der Waals surface area contributed by atoms with Gasteiger partial charge in [-0.25, -0.2) is 4.79 Å². The lowest BCUT2D eigenvalue weighted by atomic mass is 10.0. The fraction of sp³-hybridized carbons (Fsp3) is 0.800. The number of ether oxygens (including phenoxy) is 2. The third kappa shape index (κ3) is 2.92. The number of methoxy groups -OCH3 is 1. The monoisotopic (exact) mass is 215 g/mol. The van der Waals surface area contributed by atoms with Gasteiger partial charge in [0.2, 0.25) is 0 Å². The van der Waals surface area contributed by atoms with Gasteiger partial charge in [0.05, 0.1) is 13.2 Å². The highest BCUT2D eigenvalue weighted by Gasteiger charge is 2.42. The summed E-state index contributed by atoms with van der Waals surface area (Å²) in [7, 11) is 1.50. The summed E-state index contributed by atoms with van der Waals surface area (Å²) in [4.78, 5) is 24.1. The lowest BCUT2D eigenvalue weighted by Gasteiger charge is -2.39. The highest BCUT2D eigenvalue weighted by molar-refractivity contribution is 5.97. The third-order valence-corrected chi connectivity index (χ3v) is 2.03. The molecule has 1 atom stereocenters. The molecule has 86 valence electrons. The standard InChI is InChI=1S/C10H17NO4/c1-10(2,3)15-9(13)11-5-8(12)7(11)6-14-4/h7H,5-6H2,1-4H3. The van der Waals surface area contributed by atoms with E-state index < -0.39 is 17.7 Å². The number of carbonyl (C=O) groups excluding carboxylic acids is 2. The molecule has 1 unspecified atom stereocenters. The Balaban J connectivity index is 2.51. The van der Waals surface area contributed by atoms with Gasteiger partial charge in [0, 0.05) is 7.11 Å². The first kappa shape index (κ1) is 12.0.